The summed E-state index contributed by atoms with van der Waals surface area (Å²) in [7, 11) is 0. The largest absolute Gasteiger partial charge is 0.446 e. The van der Waals surface area contributed by atoms with Gasteiger partial charge in [0.15, 0.2) is 0 Å². The highest BCUT2D eigenvalue weighted by Gasteiger charge is 2.29. The maximum Gasteiger partial charge on any atom is 0.446 e. The first-order valence-corrected chi connectivity index (χ1v) is 14.5. The van der Waals surface area contributed by atoms with Crippen molar-refractivity contribution < 1.29 is 18.0 Å². The third-order valence-corrected chi connectivity index (χ3v) is 8.53. The van der Waals surface area contributed by atoms with E-state index in [4.69, 9.17) is 0 Å². The predicted octanol–water partition coefficient (Wildman–Crippen LogP) is 7.70. The summed E-state index contributed by atoms with van der Waals surface area (Å²) in [4.78, 5) is 17.5. The fourth-order valence-corrected chi connectivity index (χ4v) is 5.94. The summed E-state index contributed by atoms with van der Waals surface area (Å²) in [5, 5.41) is 3.41. The van der Waals surface area contributed by atoms with Crippen molar-refractivity contribution in [3.8, 4) is 0 Å². The van der Waals surface area contributed by atoms with E-state index in [0.29, 0.717) is 12.3 Å². The van der Waals surface area contributed by atoms with Gasteiger partial charge in [0.2, 0.25) is 5.91 Å². The monoisotopic (exact) mass is 547 g/mol. The van der Waals surface area contributed by atoms with E-state index in [0.717, 1.165) is 64.0 Å². The molecule has 0 bridgehead atoms. The lowest BCUT2D eigenvalue weighted by Crippen LogP contribution is -2.42. The first-order chi connectivity index (χ1) is 18.0. The van der Waals surface area contributed by atoms with Gasteiger partial charge in [-0.25, -0.2) is 0 Å². The summed E-state index contributed by atoms with van der Waals surface area (Å²) in [6.45, 7) is 10.2. The minimum absolute atomic E-state index is 0.101. The van der Waals surface area contributed by atoms with Gasteiger partial charge < -0.3 is 15.1 Å². The maximum atomic E-state index is 12.9. The Balaban J connectivity index is 1.14. The number of piperidine rings is 2. The highest BCUT2D eigenvalue weighted by molar-refractivity contribution is 8.00. The van der Waals surface area contributed by atoms with Crippen LogP contribution in [0.15, 0.2) is 53.4 Å². The zero-order valence-corrected chi connectivity index (χ0v) is 23.5. The third kappa shape index (κ3) is 8.32. The number of nitrogens with one attached hydrogen (secondary N) is 1. The molecule has 2 fully saturated rings. The van der Waals surface area contributed by atoms with Gasteiger partial charge in [-0.1, -0.05) is 32.9 Å². The molecule has 4 nitrogen and oxygen atoms in total. The van der Waals surface area contributed by atoms with Gasteiger partial charge in [0, 0.05) is 54.9 Å². The first-order valence-electron chi connectivity index (χ1n) is 13.7. The summed E-state index contributed by atoms with van der Waals surface area (Å²) in [6.07, 6.45) is 5.51. The van der Waals surface area contributed by atoms with Crippen molar-refractivity contribution in [2.75, 3.05) is 36.4 Å². The van der Waals surface area contributed by atoms with Crippen LogP contribution in [-0.4, -0.2) is 48.5 Å². The van der Waals surface area contributed by atoms with Crippen molar-refractivity contribution in [1.29, 1.82) is 0 Å². The molecular formula is C30H40F3N3OS. The van der Waals surface area contributed by atoms with Crippen LogP contribution in [-0.2, 0) is 10.2 Å². The Morgan fingerprint density at radius 3 is 2.05 bits per heavy atom. The summed E-state index contributed by atoms with van der Waals surface area (Å²) >= 11 is -0.101. The molecule has 1 amide bonds. The number of likely N-dealkylation sites (tertiary alicyclic amines) is 1. The van der Waals surface area contributed by atoms with Crippen LogP contribution < -0.4 is 10.2 Å². The highest BCUT2D eigenvalue weighted by Crippen LogP contribution is 2.37. The zero-order chi connectivity index (χ0) is 27.3. The summed E-state index contributed by atoms with van der Waals surface area (Å²) < 4.78 is 37.5. The second-order valence-corrected chi connectivity index (χ2v) is 12.8. The fraction of sp³-hybridized carbons (Fsp3) is 0.567. The summed E-state index contributed by atoms with van der Waals surface area (Å²) in [6, 6.07) is 15.6. The smallest absolute Gasteiger partial charge is 0.382 e. The van der Waals surface area contributed by atoms with Crippen LogP contribution in [0.2, 0.25) is 0 Å². The Labute approximate surface area is 229 Å². The van der Waals surface area contributed by atoms with E-state index in [2.05, 4.69) is 55.3 Å². The van der Waals surface area contributed by atoms with Crippen molar-refractivity contribution in [3.05, 3.63) is 54.1 Å². The number of alkyl halides is 3. The third-order valence-electron chi connectivity index (χ3n) is 7.79. The average molecular weight is 548 g/mol. The number of carbonyl (C=O) groups excluding carboxylic acids is 1. The molecule has 208 valence electrons. The highest BCUT2D eigenvalue weighted by atomic mass is 32.2. The lowest BCUT2D eigenvalue weighted by molar-refractivity contribution is -0.132. The number of hydrogen-bond acceptors (Lipinski definition) is 4. The fourth-order valence-electron chi connectivity index (χ4n) is 5.40. The van der Waals surface area contributed by atoms with Gasteiger partial charge in [-0.2, -0.15) is 13.2 Å². The molecule has 0 radical (unpaired) electrons. The molecule has 0 unspecified atom stereocenters. The molecule has 2 saturated heterocycles. The van der Waals surface area contributed by atoms with E-state index in [1.54, 1.807) is 12.1 Å². The van der Waals surface area contributed by atoms with E-state index in [9.17, 15) is 18.0 Å². The molecule has 2 heterocycles. The lowest BCUT2D eigenvalue weighted by atomic mass is 9.87. The van der Waals surface area contributed by atoms with Crippen LogP contribution in [0.1, 0.15) is 64.9 Å². The van der Waals surface area contributed by atoms with Crippen molar-refractivity contribution in [2.45, 2.75) is 81.2 Å². The number of thioether (sulfide) groups is 1. The molecule has 4 rings (SSSR count). The first kappa shape index (κ1) is 28.7. The molecular weight excluding hydrogens is 507 g/mol. The maximum absolute atomic E-state index is 12.9. The van der Waals surface area contributed by atoms with Crippen LogP contribution in [0, 0.1) is 5.92 Å². The summed E-state index contributed by atoms with van der Waals surface area (Å²) in [5.74, 6) is 0.846. The van der Waals surface area contributed by atoms with E-state index < -0.39 is 5.51 Å². The second-order valence-electron chi connectivity index (χ2n) is 11.6. The normalized spacial score (nSPS) is 18.1. The molecule has 2 aliphatic heterocycles. The number of amides is 1. The van der Waals surface area contributed by atoms with Gasteiger partial charge >= 0.3 is 5.51 Å². The Kier molecular flexibility index (Phi) is 9.22. The molecule has 2 aromatic carbocycles. The Bertz CT molecular complexity index is 1030. The standard InChI is InChI=1S/C30H40F3N3OS/c1-29(2,3)23-5-9-26(10-6-23)35-18-14-22(15-19-35)4-13-28(37)36-20-16-25(17-21-36)34-24-7-11-27(12-8-24)38-30(31,32)33/h5-12,22,25,34H,4,13-21H2,1-3H3. The van der Waals surface area contributed by atoms with E-state index in [1.807, 2.05) is 4.90 Å². The van der Waals surface area contributed by atoms with Gasteiger partial charge in [0.1, 0.15) is 0 Å². The van der Waals surface area contributed by atoms with Gasteiger partial charge in [-0.3, -0.25) is 4.79 Å². The minimum Gasteiger partial charge on any atom is -0.382 e. The molecule has 2 aromatic rings. The Hall–Kier alpha value is -2.35. The van der Waals surface area contributed by atoms with Gasteiger partial charge in [0.25, 0.3) is 0 Å². The van der Waals surface area contributed by atoms with E-state index in [1.165, 1.54) is 23.4 Å². The van der Waals surface area contributed by atoms with Crippen LogP contribution in [0.5, 0.6) is 0 Å². The van der Waals surface area contributed by atoms with Crippen molar-refractivity contribution >= 4 is 29.0 Å². The van der Waals surface area contributed by atoms with Crippen molar-refractivity contribution in [2.24, 2.45) is 5.92 Å². The summed E-state index contributed by atoms with van der Waals surface area (Å²) in [5.41, 5.74) is -0.646. The molecule has 0 aromatic heterocycles. The average Bonchev–Trinajstić information content (AvgIpc) is 2.88. The second kappa shape index (κ2) is 12.2. The molecule has 38 heavy (non-hydrogen) atoms. The van der Waals surface area contributed by atoms with Crippen LogP contribution in [0.3, 0.4) is 0 Å². The lowest BCUT2D eigenvalue weighted by Gasteiger charge is -2.35. The van der Waals surface area contributed by atoms with Gasteiger partial charge in [0.05, 0.1) is 0 Å². The number of halogens is 3. The molecule has 0 atom stereocenters. The van der Waals surface area contributed by atoms with Crippen LogP contribution in [0.4, 0.5) is 24.5 Å². The van der Waals surface area contributed by atoms with Crippen molar-refractivity contribution in [3.63, 3.8) is 0 Å². The van der Waals surface area contributed by atoms with Crippen LogP contribution in [0.25, 0.3) is 0 Å². The number of nitrogens with zero attached hydrogens (tertiary/aromatic N) is 2. The van der Waals surface area contributed by atoms with Gasteiger partial charge in [-0.15, -0.1) is 0 Å². The van der Waals surface area contributed by atoms with Crippen LogP contribution >= 0.6 is 11.8 Å². The van der Waals surface area contributed by atoms with Gasteiger partial charge in [-0.05, 0) is 97.2 Å². The molecule has 1 N–H and O–H groups in total. The van der Waals surface area contributed by atoms with Crippen molar-refractivity contribution in [1.82, 2.24) is 4.90 Å². The SMILES string of the molecule is CC(C)(C)c1ccc(N2CCC(CCC(=O)N3CCC(Nc4ccc(SC(F)(F)F)cc4)CC3)CC2)cc1. The Morgan fingerprint density at radius 1 is 0.895 bits per heavy atom. The predicted molar refractivity (Wildman–Crippen MR) is 151 cm³/mol. The number of rotatable bonds is 7. The number of anilines is 2. The molecule has 8 heteroatoms. The number of carbonyl (C=O) groups is 1. The number of benzene rings is 2. The van der Waals surface area contributed by atoms with E-state index in [-0.39, 0.29) is 34.0 Å². The zero-order valence-electron chi connectivity index (χ0n) is 22.7. The number of hydrogen-bond donors (Lipinski definition) is 1. The molecule has 0 spiro atoms. The minimum atomic E-state index is -4.27. The molecule has 2 aliphatic rings. The topological polar surface area (TPSA) is 35.6 Å². The molecule has 0 saturated carbocycles. The quantitative estimate of drug-likeness (QED) is 0.361. The van der Waals surface area contributed by atoms with E-state index >= 15 is 0 Å². The molecule has 0 aliphatic carbocycles. The Morgan fingerprint density at radius 2 is 1.50 bits per heavy atom.